The summed E-state index contributed by atoms with van der Waals surface area (Å²) < 4.78 is 0. The fourth-order valence-electron chi connectivity index (χ4n) is 4.24. The van der Waals surface area contributed by atoms with Crippen LogP contribution in [0.5, 0.6) is 0 Å². The Labute approximate surface area is 180 Å². The molecule has 7 heteroatoms. The number of nitrogens with one attached hydrogen (secondary N) is 2. The lowest BCUT2D eigenvalue weighted by Gasteiger charge is -2.28. The number of para-hydroxylation sites is 1. The molecule has 0 atom stereocenters. The zero-order valence-corrected chi connectivity index (χ0v) is 17.3. The van der Waals surface area contributed by atoms with E-state index in [0.717, 1.165) is 47.8 Å². The molecule has 7 nitrogen and oxygen atoms in total. The Morgan fingerprint density at radius 2 is 1.58 bits per heavy atom. The van der Waals surface area contributed by atoms with E-state index in [1.807, 2.05) is 42.5 Å². The van der Waals surface area contributed by atoms with Crippen LogP contribution in [0.1, 0.15) is 36.0 Å². The van der Waals surface area contributed by atoms with E-state index < -0.39 is 6.09 Å². The summed E-state index contributed by atoms with van der Waals surface area (Å²) in [5.74, 6) is 0.705. The minimum atomic E-state index is -0.968. The lowest BCUT2D eigenvalue weighted by atomic mass is 9.82. The summed E-state index contributed by atoms with van der Waals surface area (Å²) in [6, 6.07) is 13.3. The number of benzene rings is 1. The number of carboxylic acid groups (broad SMARTS) is 1. The van der Waals surface area contributed by atoms with Gasteiger partial charge < -0.3 is 15.7 Å². The molecule has 1 saturated carbocycles. The fourth-order valence-corrected chi connectivity index (χ4v) is 4.24. The van der Waals surface area contributed by atoms with Gasteiger partial charge >= 0.3 is 6.09 Å². The molecule has 1 aromatic carbocycles. The minimum Gasteiger partial charge on any atom is -0.465 e. The van der Waals surface area contributed by atoms with Gasteiger partial charge in [-0.2, -0.15) is 0 Å². The molecule has 0 saturated heterocycles. The zero-order valence-electron chi connectivity index (χ0n) is 17.3. The number of rotatable bonds is 6. The Morgan fingerprint density at radius 3 is 2.26 bits per heavy atom. The molecule has 3 aromatic rings. The van der Waals surface area contributed by atoms with Crippen molar-refractivity contribution in [3.63, 3.8) is 0 Å². The number of pyridine rings is 2. The summed E-state index contributed by atoms with van der Waals surface area (Å²) in [5.41, 5.74) is 3.07. The van der Waals surface area contributed by atoms with E-state index in [1.165, 1.54) is 0 Å². The van der Waals surface area contributed by atoms with Crippen molar-refractivity contribution in [2.45, 2.75) is 25.7 Å². The summed E-state index contributed by atoms with van der Waals surface area (Å²) in [4.78, 5) is 32.5. The number of hydrogen-bond acceptors (Lipinski definition) is 4. The van der Waals surface area contributed by atoms with Crippen molar-refractivity contribution in [3.05, 3.63) is 60.4 Å². The Hall–Kier alpha value is -3.48. The molecule has 4 rings (SSSR count). The topological polar surface area (TPSA) is 104 Å². The van der Waals surface area contributed by atoms with Crippen molar-refractivity contribution in [3.8, 4) is 11.3 Å². The largest absolute Gasteiger partial charge is 0.465 e. The van der Waals surface area contributed by atoms with Crippen molar-refractivity contribution in [2.75, 3.05) is 13.1 Å². The molecule has 2 amide bonds. The molecule has 2 aromatic heterocycles. The van der Waals surface area contributed by atoms with E-state index in [0.29, 0.717) is 30.5 Å². The van der Waals surface area contributed by atoms with Crippen molar-refractivity contribution >= 4 is 22.9 Å². The molecule has 0 bridgehead atoms. The third-order valence-electron chi connectivity index (χ3n) is 6.00. The van der Waals surface area contributed by atoms with Crippen molar-refractivity contribution in [1.82, 2.24) is 20.6 Å². The van der Waals surface area contributed by atoms with Crippen LogP contribution in [-0.2, 0) is 0 Å². The summed E-state index contributed by atoms with van der Waals surface area (Å²) in [6.07, 6.45) is 6.40. The van der Waals surface area contributed by atoms with E-state index in [1.54, 1.807) is 12.4 Å². The quantitative estimate of drug-likeness (QED) is 0.559. The number of hydrogen-bond donors (Lipinski definition) is 3. The van der Waals surface area contributed by atoms with Crippen molar-refractivity contribution in [1.29, 1.82) is 0 Å². The van der Waals surface area contributed by atoms with Crippen LogP contribution < -0.4 is 10.6 Å². The molecule has 0 aliphatic heterocycles. The van der Waals surface area contributed by atoms with Gasteiger partial charge in [-0.15, -0.1) is 0 Å². The molecule has 0 spiro atoms. The fraction of sp³-hybridized carbons (Fsp3) is 0.333. The van der Waals surface area contributed by atoms with E-state index >= 15 is 0 Å². The maximum atomic E-state index is 13.1. The summed E-state index contributed by atoms with van der Waals surface area (Å²) >= 11 is 0. The smallest absolute Gasteiger partial charge is 0.404 e. The van der Waals surface area contributed by atoms with Crippen LogP contribution in [-0.4, -0.2) is 40.2 Å². The number of carbonyl (C=O) groups is 2. The molecule has 160 valence electrons. The van der Waals surface area contributed by atoms with Gasteiger partial charge in [0.2, 0.25) is 0 Å². The average Bonchev–Trinajstić information content (AvgIpc) is 2.81. The first kappa shape index (κ1) is 20.8. The van der Waals surface area contributed by atoms with Crippen LogP contribution in [0, 0.1) is 11.8 Å². The standard InChI is InChI=1S/C24H26N4O3/c29-23(26-14-16-5-7-17(8-6-16)15-27-24(30)31)20-13-22(18-9-11-25-12-10-18)28-21-4-2-1-3-19(20)21/h1-4,9-13,16-17,27H,5-8,14-15H2,(H,26,29)(H,30,31). The number of aromatic nitrogens is 2. The maximum absolute atomic E-state index is 13.1. The second kappa shape index (κ2) is 9.55. The lowest BCUT2D eigenvalue weighted by Crippen LogP contribution is -2.34. The molecular weight excluding hydrogens is 392 g/mol. The van der Waals surface area contributed by atoms with Crippen molar-refractivity contribution < 1.29 is 14.7 Å². The van der Waals surface area contributed by atoms with Gasteiger partial charge in [0, 0.05) is 36.4 Å². The van der Waals surface area contributed by atoms with Crippen LogP contribution in [0.4, 0.5) is 4.79 Å². The van der Waals surface area contributed by atoms with Gasteiger partial charge in [-0.1, -0.05) is 18.2 Å². The Morgan fingerprint density at radius 1 is 0.935 bits per heavy atom. The molecular formula is C24H26N4O3. The van der Waals surface area contributed by atoms with Gasteiger partial charge in [0.25, 0.3) is 5.91 Å². The second-order valence-electron chi connectivity index (χ2n) is 8.09. The first-order valence-electron chi connectivity index (χ1n) is 10.7. The minimum absolute atomic E-state index is 0.0939. The van der Waals surface area contributed by atoms with E-state index in [4.69, 9.17) is 10.1 Å². The molecule has 0 unspecified atom stereocenters. The van der Waals surface area contributed by atoms with Gasteiger partial charge in [-0.25, -0.2) is 9.78 Å². The SMILES string of the molecule is O=C(O)NCC1CCC(CNC(=O)c2cc(-c3ccncc3)nc3ccccc23)CC1. The van der Waals surface area contributed by atoms with Crippen LogP contribution in [0.15, 0.2) is 54.9 Å². The molecule has 3 N–H and O–H groups in total. The summed E-state index contributed by atoms with van der Waals surface area (Å²) in [5, 5.41) is 15.2. The highest BCUT2D eigenvalue weighted by molar-refractivity contribution is 6.07. The van der Waals surface area contributed by atoms with Gasteiger partial charge in [0.1, 0.15) is 0 Å². The van der Waals surface area contributed by atoms with Crippen molar-refractivity contribution in [2.24, 2.45) is 11.8 Å². The van der Waals surface area contributed by atoms with Gasteiger partial charge in [0.05, 0.1) is 16.8 Å². The Kier molecular flexibility index (Phi) is 6.40. The third kappa shape index (κ3) is 5.17. The Bertz CT molecular complexity index is 1060. The number of nitrogens with zero attached hydrogens (tertiary/aromatic N) is 2. The number of amides is 2. The maximum Gasteiger partial charge on any atom is 0.404 e. The van der Waals surface area contributed by atoms with E-state index in [-0.39, 0.29) is 5.91 Å². The molecule has 0 radical (unpaired) electrons. The van der Waals surface area contributed by atoms with Gasteiger partial charge in [0.15, 0.2) is 0 Å². The van der Waals surface area contributed by atoms with Gasteiger partial charge in [-0.05, 0) is 61.8 Å². The highest BCUT2D eigenvalue weighted by Gasteiger charge is 2.22. The van der Waals surface area contributed by atoms with E-state index in [9.17, 15) is 9.59 Å². The van der Waals surface area contributed by atoms with Crippen LogP contribution in [0.25, 0.3) is 22.2 Å². The average molecular weight is 418 g/mol. The van der Waals surface area contributed by atoms with E-state index in [2.05, 4.69) is 15.6 Å². The highest BCUT2D eigenvalue weighted by atomic mass is 16.4. The summed E-state index contributed by atoms with van der Waals surface area (Å²) in [6.45, 7) is 1.13. The predicted molar refractivity (Wildman–Crippen MR) is 119 cm³/mol. The van der Waals surface area contributed by atoms with Crippen LogP contribution in [0.3, 0.4) is 0 Å². The lowest BCUT2D eigenvalue weighted by molar-refractivity contribution is 0.0942. The first-order chi connectivity index (χ1) is 15.1. The third-order valence-corrected chi connectivity index (χ3v) is 6.00. The van der Waals surface area contributed by atoms with Gasteiger partial charge in [-0.3, -0.25) is 9.78 Å². The molecule has 1 aliphatic rings. The zero-order chi connectivity index (χ0) is 21.6. The summed E-state index contributed by atoms with van der Waals surface area (Å²) in [7, 11) is 0. The highest BCUT2D eigenvalue weighted by Crippen LogP contribution is 2.28. The number of fused-ring (bicyclic) bond motifs is 1. The molecule has 1 fully saturated rings. The monoisotopic (exact) mass is 418 g/mol. The number of carbonyl (C=O) groups excluding carboxylic acids is 1. The van der Waals surface area contributed by atoms with Crippen LogP contribution >= 0.6 is 0 Å². The molecule has 2 heterocycles. The first-order valence-corrected chi connectivity index (χ1v) is 10.7. The molecule has 31 heavy (non-hydrogen) atoms. The second-order valence-corrected chi connectivity index (χ2v) is 8.09. The Balaban J connectivity index is 1.44. The normalized spacial score (nSPS) is 18.5. The van der Waals surface area contributed by atoms with Crippen LogP contribution in [0.2, 0.25) is 0 Å². The molecule has 1 aliphatic carbocycles. The predicted octanol–water partition coefficient (Wildman–Crippen LogP) is 4.10.